The topological polar surface area (TPSA) is 73.9 Å². The standard InChI is InChI=1S/C19H20ClNO5/c1-4-25-19(23)13-8-9-17(16(20)10-13)21-18(22)12(2)26-15-7-5-6-14(11-15)24-3/h5-12H,4H2,1-3H3,(H,21,22)/t12-/m1/s1. The molecule has 2 rings (SSSR count). The van der Waals surface area contributed by atoms with Crippen molar-refractivity contribution in [3.05, 3.63) is 53.1 Å². The number of carbonyl (C=O) groups is 2. The highest BCUT2D eigenvalue weighted by Crippen LogP contribution is 2.24. The van der Waals surface area contributed by atoms with Gasteiger partial charge < -0.3 is 19.5 Å². The van der Waals surface area contributed by atoms with Gasteiger partial charge in [0.15, 0.2) is 6.10 Å². The minimum atomic E-state index is -0.761. The summed E-state index contributed by atoms with van der Waals surface area (Å²) >= 11 is 6.14. The number of ether oxygens (including phenoxy) is 3. The number of amides is 1. The van der Waals surface area contributed by atoms with Crippen molar-refractivity contribution >= 4 is 29.2 Å². The predicted molar refractivity (Wildman–Crippen MR) is 99.1 cm³/mol. The highest BCUT2D eigenvalue weighted by molar-refractivity contribution is 6.34. The highest BCUT2D eigenvalue weighted by atomic mass is 35.5. The highest BCUT2D eigenvalue weighted by Gasteiger charge is 2.17. The van der Waals surface area contributed by atoms with E-state index in [1.165, 1.54) is 12.1 Å². The minimum Gasteiger partial charge on any atom is -0.497 e. The Labute approximate surface area is 157 Å². The first-order chi connectivity index (χ1) is 12.4. The summed E-state index contributed by atoms with van der Waals surface area (Å²) in [5.74, 6) is 0.295. The molecule has 0 fully saturated rings. The van der Waals surface area contributed by atoms with E-state index in [1.54, 1.807) is 51.3 Å². The third-order valence-corrected chi connectivity index (χ3v) is 3.77. The average molecular weight is 378 g/mol. The number of anilines is 1. The van der Waals surface area contributed by atoms with Crippen molar-refractivity contribution in [1.82, 2.24) is 0 Å². The van der Waals surface area contributed by atoms with Gasteiger partial charge in [-0.1, -0.05) is 17.7 Å². The molecular weight excluding hydrogens is 358 g/mol. The number of esters is 1. The van der Waals surface area contributed by atoms with Gasteiger partial charge in [-0.2, -0.15) is 0 Å². The zero-order chi connectivity index (χ0) is 19.1. The fraction of sp³-hybridized carbons (Fsp3) is 0.263. The van der Waals surface area contributed by atoms with Crippen LogP contribution in [0.1, 0.15) is 24.2 Å². The maximum Gasteiger partial charge on any atom is 0.338 e. The lowest BCUT2D eigenvalue weighted by molar-refractivity contribution is -0.122. The van der Waals surface area contributed by atoms with Crippen LogP contribution in [0.25, 0.3) is 0 Å². The number of hydrogen-bond donors (Lipinski definition) is 1. The van der Waals surface area contributed by atoms with Crippen molar-refractivity contribution in [2.75, 3.05) is 19.0 Å². The van der Waals surface area contributed by atoms with E-state index in [0.717, 1.165) is 0 Å². The van der Waals surface area contributed by atoms with Gasteiger partial charge >= 0.3 is 5.97 Å². The Morgan fingerprint density at radius 1 is 1.15 bits per heavy atom. The van der Waals surface area contributed by atoms with E-state index in [2.05, 4.69) is 5.32 Å². The monoisotopic (exact) mass is 377 g/mol. The zero-order valence-electron chi connectivity index (χ0n) is 14.7. The molecule has 2 aromatic rings. The van der Waals surface area contributed by atoms with E-state index in [0.29, 0.717) is 22.7 Å². The first kappa shape index (κ1) is 19.6. The van der Waals surface area contributed by atoms with Crippen molar-refractivity contribution in [1.29, 1.82) is 0 Å². The van der Waals surface area contributed by atoms with E-state index >= 15 is 0 Å². The molecule has 0 aromatic heterocycles. The number of halogens is 1. The molecule has 0 spiro atoms. The lowest BCUT2D eigenvalue weighted by Crippen LogP contribution is -2.30. The molecule has 7 heteroatoms. The summed E-state index contributed by atoms with van der Waals surface area (Å²) in [7, 11) is 1.55. The third-order valence-electron chi connectivity index (χ3n) is 3.46. The van der Waals surface area contributed by atoms with Crippen LogP contribution in [0.2, 0.25) is 5.02 Å². The second-order valence-corrected chi connectivity index (χ2v) is 5.75. The fourth-order valence-electron chi connectivity index (χ4n) is 2.12. The van der Waals surface area contributed by atoms with Crippen molar-refractivity contribution < 1.29 is 23.8 Å². The van der Waals surface area contributed by atoms with Gasteiger partial charge in [-0.15, -0.1) is 0 Å². The molecule has 0 aliphatic rings. The van der Waals surface area contributed by atoms with Crippen LogP contribution in [-0.4, -0.2) is 31.7 Å². The zero-order valence-corrected chi connectivity index (χ0v) is 15.5. The number of hydrogen-bond acceptors (Lipinski definition) is 5. The molecule has 1 amide bonds. The molecule has 0 heterocycles. The van der Waals surface area contributed by atoms with Crippen molar-refractivity contribution in [3.63, 3.8) is 0 Å². The van der Waals surface area contributed by atoms with Gasteiger partial charge in [-0.3, -0.25) is 4.79 Å². The van der Waals surface area contributed by atoms with Gasteiger partial charge in [0, 0.05) is 6.07 Å². The summed E-state index contributed by atoms with van der Waals surface area (Å²) in [4.78, 5) is 24.0. The van der Waals surface area contributed by atoms with Crippen LogP contribution in [0.4, 0.5) is 5.69 Å². The van der Waals surface area contributed by atoms with E-state index in [1.807, 2.05) is 0 Å². The molecule has 1 N–H and O–H groups in total. The molecule has 26 heavy (non-hydrogen) atoms. The summed E-state index contributed by atoms with van der Waals surface area (Å²) < 4.78 is 15.6. The van der Waals surface area contributed by atoms with Crippen molar-refractivity contribution in [2.24, 2.45) is 0 Å². The maximum atomic E-state index is 12.3. The van der Waals surface area contributed by atoms with Gasteiger partial charge in [0.2, 0.25) is 0 Å². The Morgan fingerprint density at radius 2 is 1.88 bits per heavy atom. The van der Waals surface area contributed by atoms with Crippen LogP contribution < -0.4 is 14.8 Å². The van der Waals surface area contributed by atoms with Crippen LogP contribution in [0, 0.1) is 0 Å². The molecule has 0 bridgehead atoms. The lowest BCUT2D eigenvalue weighted by Gasteiger charge is -2.16. The smallest absolute Gasteiger partial charge is 0.338 e. The normalized spacial score (nSPS) is 11.4. The Kier molecular flexibility index (Phi) is 6.86. The summed E-state index contributed by atoms with van der Waals surface area (Å²) in [6, 6.07) is 11.5. The summed E-state index contributed by atoms with van der Waals surface area (Å²) in [6.07, 6.45) is -0.761. The Hall–Kier alpha value is -2.73. The molecule has 0 radical (unpaired) electrons. The Bertz CT molecular complexity index is 793. The van der Waals surface area contributed by atoms with Crippen LogP contribution in [-0.2, 0) is 9.53 Å². The molecule has 0 aliphatic heterocycles. The molecule has 1 atom stereocenters. The predicted octanol–water partition coefficient (Wildman–Crippen LogP) is 3.93. The molecular formula is C19H20ClNO5. The van der Waals surface area contributed by atoms with Crippen LogP contribution in [0.5, 0.6) is 11.5 Å². The average Bonchev–Trinajstić information content (AvgIpc) is 2.63. The first-order valence-corrected chi connectivity index (χ1v) is 8.40. The molecule has 0 aliphatic carbocycles. The molecule has 6 nitrogen and oxygen atoms in total. The molecule has 2 aromatic carbocycles. The van der Waals surface area contributed by atoms with Gasteiger partial charge in [-0.25, -0.2) is 4.79 Å². The SMILES string of the molecule is CCOC(=O)c1ccc(NC(=O)[C@@H](C)Oc2cccc(OC)c2)c(Cl)c1. The quantitative estimate of drug-likeness (QED) is 0.740. The van der Waals surface area contributed by atoms with Crippen molar-refractivity contribution in [3.8, 4) is 11.5 Å². The number of rotatable bonds is 7. The van der Waals surface area contributed by atoms with Crippen LogP contribution in [0.15, 0.2) is 42.5 Å². The fourth-order valence-corrected chi connectivity index (χ4v) is 2.35. The van der Waals surface area contributed by atoms with E-state index in [9.17, 15) is 9.59 Å². The summed E-state index contributed by atoms with van der Waals surface area (Å²) in [6.45, 7) is 3.61. The lowest BCUT2D eigenvalue weighted by atomic mass is 10.2. The van der Waals surface area contributed by atoms with Gasteiger partial charge in [0.1, 0.15) is 11.5 Å². The van der Waals surface area contributed by atoms with Crippen LogP contribution in [0.3, 0.4) is 0 Å². The molecule has 138 valence electrons. The molecule has 0 saturated carbocycles. The number of benzene rings is 2. The second kappa shape index (κ2) is 9.10. The van der Waals surface area contributed by atoms with Gasteiger partial charge in [0.05, 0.1) is 30.0 Å². The molecule has 0 unspecified atom stereocenters. The third kappa shape index (κ3) is 5.13. The van der Waals surface area contributed by atoms with Gasteiger partial charge in [-0.05, 0) is 44.2 Å². The number of methoxy groups -OCH3 is 1. The first-order valence-electron chi connectivity index (χ1n) is 8.02. The number of nitrogens with one attached hydrogen (secondary N) is 1. The Balaban J connectivity index is 2.03. The van der Waals surface area contributed by atoms with Crippen molar-refractivity contribution in [2.45, 2.75) is 20.0 Å². The van der Waals surface area contributed by atoms with E-state index in [-0.39, 0.29) is 17.5 Å². The van der Waals surface area contributed by atoms with E-state index < -0.39 is 12.1 Å². The minimum absolute atomic E-state index is 0.234. The van der Waals surface area contributed by atoms with Crippen LogP contribution >= 0.6 is 11.6 Å². The number of carbonyl (C=O) groups excluding carboxylic acids is 2. The summed E-state index contributed by atoms with van der Waals surface area (Å²) in [5.41, 5.74) is 0.696. The Morgan fingerprint density at radius 3 is 2.54 bits per heavy atom. The van der Waals surface area contributed by atoms with Gasteiger partial charge in [0.25, 0.3) is 5.91 Å². The molecule has 0 saturated heterocycles. The second-order valence-electron chi connectivity index (χ2n) is 5.34. The largest absolute Gasteiger partial charge is 0.497 e. The van der Waals surface area contributed by atoms with E-state index in [4.69, 9.17) is 25.8 Å². The maximum absolute atomic E-state index is 12.3. The summed E-state index contributed by atoms with van der Waals surface area (Å²) in [5, 5.41) is 2.91.